The summed E-state index contributed by atoms with van der Waals surface area (Å²) in [6.07, 6.45) is 1.45. The second-order valence-corrected chi connectivity index (χ2v) is 7.78. The highest BCUT2D eigenvalue weighted by atomic mass is 127. The number of rotatable bonds is 7. The monoisotopic (exact) mass is 544 g/mol. The van der Waals surface area contributed by atoms with E-state index in [1.807, 2.05) is 6.07 Å². The number of hydrogen-bond acceptors (Lipinski definition) is 5. The fourth-order valence-corrected chi connectivity index (χ4v) is 3.54. The third kappa shape index (κ3) is 5.98. The van der Waals surface area contributed by atoms with E-state index in [1.54, 1.807) is 24.3 Å². The highest BCUT2D eigenvalue weighted by molar-refractivity contribution is 14.1. The Bertz CT molecular complexity index is 1190. The summed E-state index contributed by atoms with van der Waals surface area (Å²) in [6, 6.07) is 17.2. The smallest absolute Gasteiger partial charge is 0.266 e. The molecule has 2 N–H and O–H groups in total. The lowest BCUT2D eigenvalue weighted by atomic mass is 10.1. The lowest BCUT2D eigenvalue weighted by molar-refractivity contribution is -0.112. The van der Waals surface area contributed by atoms with Crippen molar-refractivity contribution < 1.29 is 23.8 Å². The number of anilines is 1. The van der Waals surface area contributed by atoms with E-state index < -0.39 is 5.91 Å². The van der Waals surface area contributed by atoms with Gasteiger partial charge in [-0.3, -0.25) is 4.79 Å². The first-order chi connectivity index (χ1) is 15.4. The number of carbonyl (C=O) groups is 1. The van der Waals surface area contributed by atoms with Crippen molar-refractivity contribution >= 4 is 40.3 Å². The van der Waals surface area contributed by atoms with Crippen LogP contribution in [-0.2, 0) is 11.4 Å². The van der Waals surface area contributed by atoms with Crippen molar-refractivity contribution in [2.24, 2.45) is 0 Å². The van der Waals surface area contributed by atoms with Crippen LogP contribution in [0.3, 0.4) is 0 Å². The van der Waals surface area contributed by atoms with Gasteiger partial charge >= 0.3 is 0 Å². The Balaban J connectivity index is 1.80. The highest BCUT2D eigenvalue weighted by Crippen LogP contribution is 2.35. The summed E-state index contributed by atoms with van der Waals surface area (Å²) in [5.41, 5.74) is 1.73. The summed E-state index contributed by atoms with van der Waals surface area (Å²) in [5, 5.41) is 21.4. The number of halogens is 2. The molecule has 0 saturated heterocycles. The molecule has 6 nitrogen and oxygen atoms in total. The van der Waals surface area contributed by atoms with Crippen LogP contribution in [0.4, 0.5) is 10.1 Å². The molecule has 0 atom stereocenters. The van der Waals surface area contributed by atoms with Crippen LogP contribution < -0.4 is 14.8 Å². The number of methoxy groups -OCH3 is 1. The van der Waals surface area contributed by atoms with E-state index in [0.717, 1.165) is 5.56 Å². The number of nitrogens with one attached hydrogen (secondary N) is 1. The number of nitriles is 1. The summed E-state index contributed by atoms with van der Waals surface area (Å²) < 4.78 is 25.1. The van der Waals surface area contributed by atoms with Gasteiger partial charge in [0.1, 0.15) is 29.8 Å². The third-order valence-corrected chi connectivity index (χ3v) is 5.15. The van der Waals surface area contributed by atoms with Crippen molar-refractivity contribution in [3.63, 3.8) is 0 Å². The van der Waals surface area contributed by atoms with Crippen LogP contribution in [0.25, 0.3) is 6.08 Å². The Labute approximate surface area is 198 Å². The number of phenols is 1. The van der Waals surface area contributed by atoms with E-state index in [4.69, 9.17) is 9.47 Å². The van der Waals surface area contributed by atoms with Gasteiger partial charge < -0.3 is 19.9 Å². The number of ether oxygens (including phenoxy) is 2. The molecule has 8 heteroatoms. The summed E-state index contributed by atoms with van der Waals surface area (Å²) >= 11 is 2.08. The molecule has 1 amide bonds. The van der Waals surface area contributed by atoms with Crippen LogP contribution in [-0.4, -0.2) is 18.1 Å². The van der Waals surface area contributed by atoms with Gasteiger partial charge in [-0.05, 0) is 88.3 Å². The molecule has 0 aromatic heterocycles. The van der Waals surface area contributed by atoms with Gasteiger partial charge in [-0.2, -0.15) is 5.26 Å². The Morgan fingerprint density at radius 3 is 2.50 bits per heavy atom. The quantitative estimate of drug-likeness (QED) is 0.183. The molecule has 3 aromatic rings. The Kier molecular flexibility index (Phi) is 7.68. The average Bonchev–Trinajstić information content (AvgIpc) is 2.79. The zero-order valence-corrected chi connectivity index (χ0v) is 19.1. The van der Waals surface area contributed by atoms with E-state index >= 15 is 0 Å². The Morgan fingerprint density at radius 1 is 1.19 bits per heavy atom. The maximum Gasteiger partial charge on any atom is 0.266 e. The van der Waals surface area contributed by atoms with Crippen molar-refractivity contribution in [3.8, 4) is 23.3 Å². The zero-order chi connectivity index (χ0) is 23.1. The predicted octanol–water partition coefficient (Wildman–Crippen LogP) is 5.27. The van der Waals surface area contributed by atoms with Gasteiger partial charge in [0.25, 0.3) is 5.91 Å². The zero-order valence-electron chi connectivity index (χ0n) is 16.9. The van der Waals surface area contributed by atoms with Crippen LogP contribution in [0.5, 0.6) is 17.2 Å². The summed E-state index contributed by atoms with van der Waals surface area (Å²) in [6.45, 7) is 0.223. The number of aromatic hydroxyl groups is 1. The second kappa shape index (κ2) is 10.6. The normalized spacial score (nSPS) is 10.9. The molecule has 0 spiro atoms. The molecule has 0 fully saturated rings. The lowest BCUT2D eigenvalue weighted by Gasteiger charge is -2.14. The molecule has 32 heavy (non-hydrogen) atoms. The minimum Gasteiger partial charge on any atom is -0.508 e. The topological polar surface area (TPSA) is 91.6 Å². The van der Waals surface area contributed by atoms with Gasteiger partial charge in [-0.1, -0.05) is 12.1 Å². The molecule has 0 aliphatic carbocycles. The molecule has 0 aliphatic rings. The summed E-state index contributed by atoms with van der Waals surface area (Å²) in [5.74, 6) is 0.106. The van der Waals surface area contributed by atoms with Gasteiger partial charge in [-0.25, -0.2) is 4.39 Å². The van der Waals surface area contributed by atoms with Gasteiger partial charge in [0.2, 0.25) is 0 Å². The Morgan fingerprint density at radius 2 is 1.88 bits per heavy atom. The van der Waals surface area contributed by atoms with Gasteiger partial charge in [0.15, 0.2) is 11.5 Å². The third-order valence-electron chi connectivity index (χ3n) is 4.35. The largest absolute Gasteiger partial charge is 0.508 e. The molecular formula is C24H18FIN2O4. The van der Waals surface area contributed by atoms with E-state index in [2.05, 4.69) is 27.9 Å². The van der Waals surface area contributed by atoms with Gasteiger partial charge in [0.05, 0.1) is 10.7 Å². The van der Waals surface area contributed by atoms with E-state index in [-0.39, 0.29) is 23.7 Å². The molecule has 3 rings (SSSR count). The van der Waals surface area contributed by atoms with Crippen LogP contribution in [0, 0.1) is 20.7 Å². The van der Waals surface area contributed by atoms with E-state index in [1.165, 1.54) is 49.6 Å². The molecule has 0 aliphatic heterocycles. The van der Waals surface area contributed by atoms with Crippen molar-refractivity contribution in [2.75, 3.05) is 12.4 Å². The predicted molar refractivity (Wildman–Crippen MR) is 127 cm³/mol. The molecular weight excluding hydrogens is 526 g/mol. The minimum absolute atomic E-state index is 0.0717. The molecule has 0 heterocycles. The van der Waals surface area contributed by atoms with Crippen molar-refractivity contribution in [3.05, 3.63) is 86.8 Å². The van der Waals surface area contributed by atoms with Crippen LogP contribution in [0.2, 0.25) is 0 Å². The first-order valence-corrected chi connectivity index (χ1v) is 10.4. The lowest BCUT2D eigenvalue weighted by Crippen LogP contribution is -2.13. The van der Waals surface area contributed by atoms with Crippen LogP contribution in [0.1, 0.15) is 11.1 Å². The van der Waals surface area contributed by atoms with Gasteiger partial charge in [-0.15, -0.1) is 0 Å². The minimum atomic E-state index is -0.580. The molecule has 3 aromatic carbocycles. The molecule has 0 radical (unpaired) electrons. The van der Waals surface area contributed by atoms with Crippen LogP contribution >= 0.6 is 22.6 Å². The number of amides is 1. The number of carbonyl (C=O) groups excluding carboxylic acids is 1. The van der Waals surface area contributed by atoms with E-state index in [9.17, 15) is 19.6 Å². The number of hydrogen-bond donors (Lipinski definition) is 2. The fraction of sp³-hybridized carbons (Fsp3) is 0.0833. The molecule has 0 saturated carbocycles. The maximum absolute atomic E-state index is 13.1. The summed E-state index contributed by atoms with van der Waals surface area (Å²) in [4.78, 5) is 12.5. The number of nitrogens with zero attached hydrogens (tertiary/aromatic N) is 1. The Hall–Kier alpha value is -3.58. The molecule has 162 valence electrons. The molecule has 0 unspecified atom stereocenters. The average molecular weight is 544 g/mol. The van der Waals surface area contributed by atoms with Crippen molar-refractivity contribution in [2.45, 2.75) is 6.61 Å². The maximum atomic E-state index is 13.1. The fourth-order valence-electron chi connectivity index (χ4n) is 2.76. The standard InChI is InChI=1S/C24H18FIN2O4/c1-31-22-12-16(10-17(13-27)24(30)28-19-6-8-20(29)9-7-19)11-21(26)23(22)32-14-15-2-4-18(25)5-3-15/h2-12,29H,14H2,1H3,(H,28,30)/b17-10+. The summed E-state index contributed by atoms with van der Waals surface area (Å²) in [7, 11) is 1.49. The number of phenolic OH excluding ortho intramolecular Hbond substituents is 1. The van der Waals surface area contributed by atoms with Gasteiger partial charge in [0, 0.05) is 5.69 Å². The second-order valence-electron chi connectivity index (χ2n) is 6.62. The van der Waals surface area contributed by atoms with E-state index in [0.29, 0.717) is 26.3 Å². The van der Waals surface area contributed by atoms with Crippen molar-refractivity contribution in [1.82, 2.24) is 0 Å². The SMILES string of the molecule is COc1cc(/C=C(\C#N)C(=O)Nc2ccc(O)cc2)cc(I)c1OCc1ccc(F)cc1. The highest BCUT2D eigenvalue weighted by Gasteiger charge is 2.14. The first kappa shape index (κ1) is 23.1. The molecule has 0 bridgehead atoms. The first-order valence-electron chi connectivity index (χ1n) is 9.36. The van der Waals surface area contributed by atoms with Crippen LogP contribution in [0.15, 0.2) is 66.2 Å². The number of benzene rings is 3. The van der Waals surface area contributed by atoms with Crippen molar-refractivity contribution in [1.29, 1.82) is 5.26 Å².